The van der Waals surface area contributed by atoms with Crippen LogP contribution in [0.5, 0.6) is 0 Å². The number of carbonyl (C=O) groups excluding carboxylic acids is 1. The maximum atomic E-state index is 12.6. The lowest BCUT2D eigenvalue weighted by atomic mass is 9.77. The van der Waals surface area contributed by atoms with Gasteiger partial charge in [-0.2, -0.15) is 0 Å². The minimum atomic E-state index is -0.954. The minimum Gasteiger partial charge on any atom is -0.481 e. The van der Waals surface area contributed by atoms with Crippen LogP contribution in [-0.4, -0.2) is 37.2 Å². The van der Waals surface area contributed by atoms with E-state index in [0.29, 0.717) is 30.9 Å². The Hall–Kier alpha value is -2.77. The number of nitrogens with one attached hydrogen (secondary N) is 1. The predicted octanol–water partition coefficient (Wildman–Crippen LogP) is 3.11. The van der Waals surface area contributed by atoms with Gasteiger partial charge in [-0.05, 0) is 42.3 Å². The first-order valence-electron chi connectivity index (χ1n) is 9.44. The number of carboxylic acids is 1. The molecule has 1 aliphatic rings. The zero-order valence-electron chi connectivity index (χ0n) is 15.5. The van der Waals surface area contributed by atoms with E-state index >= 15 is 0 Å². The summed E-state index contributed by atoms with van der Waals surface area (Å²) in [5.41, 5.74) is 0.448. The molecule has 0 saturated heterocycles. The van der Waals surface area contributed by atoms with E-state index in [1.165, 1.54) is 0 Å². The molecule has 27 heavy (non-hydrogen) atoms. The largest absolute Gasteiger partial charge is 0.481 e. The van der Waals surface area contributed by atoms with Crippen LogP contribution in [0.4, 0.5) is 5.69 Å². The Labute approximate surface area is 158 Å². The molecule has 0 radical (unpaired) electrons. The van der Waals surface area contributed by atoms with Crippen LogP contribution in [0.25, 0.3) is 11.4 Å². The van der Waals surface area contributed by atoms with Gasteiger partial charge in [0.15, 0.2) is 5.82 Å². The highest BCUT2D eigenvalue weighted by molar-refractivity contribution is 5.94. The fourth-order valence-electron chi connectivity index (χ4n) is 3.74. The Kier molecular flexibility index (Phi) is 5.83. The number of nitrogens with zero attached hydrogens (tertiary/aromatic N) is 4. The SMILES string of the molecule is CCn1nnnc1-c1cccc(NC(=O)CC2(C(=O)O)CCCCCC2)c1. The number of aryl methyl sites for hydroxylation is 1. The number of anilines is 1. The third-order valence-corrected chi connectivity index (χ3v) is 5.25. The molecule has 0 aliphatic heterocycles. The molecule has 0 bridgehead atoms. The summed E-state index contributed by atoms with van der Waals surface area (Å²) in [7, 11) is 0. The van der Waals surface area contributed by atoms with Crippen LogP contribution in [0.2, 0.25) is 0 Å². The van der Waals surface area contributed by atoms with Gasteiger partial charge < -0.3 is 10.4 Å². The number of hydrogen-bond acceptors (Lipinski definition) is 5. The molecule has 3 rings (SSSR count). The molecule has 1 aromatic carbocycles. The quantitative estimate of drug-likeness (QED) is 0.755. The summed E-state index contributed by atoms with van der Waals surface area (Å²) >= 11 is 0. The van der Waals surface area contributed by atoms with Gasteiger partial charge in [0.2, 0.25) is 5.91 Å². The Bertz CT molecular complexity index is 809. The Morgan fingerprint density at radius 2 is 1.96 bits per heavy atom. The normalized spacial score (nSPS) is 16.5. The monoisotopic (exact) mass is 371 g/mol. The summed E-state index contributed by atoms with van der Waals surface area (Å²) in [6.45, 7) is 2.59. The van der Waals surface area contributed by atoms with E-state index in [2.05, 4.69) is 20.8 Å². The van der Waals surface area contributed by atoms with Crippen LogP contribution in [-0.2, 0) is 16.1 Å². The number of rotatable bonds is 6. The second kappa shape index (κ2) is 8.28. The molecule has 2 N–H and O–H groups in total. The average Bonchev–Trinajstić information content (AvgIpc) is 3.00. The molecule has 0 unspecified atom stereocenters. The van der Waals surface area contributed by atoms with Crippen LogP contribution in [0.15, 0.2) is 24.3 Å². The minimum absolute atomic E-state index is 0.000735. The molecule has 1 aliphatic carbocycles. The van der Waals surface area contributed by atoms with Crippen molar-refractivity contribution in [3.05, 3.63) is 24.3 Å². The highest BCUT2D eigenvalue weighted by Crippen LogP contribution is 2.38. The highest BCUT2D eigenvalue weighted by Gasteiger charge is 2.40. The Morgan fingerprint density at radius 3 is 2.63 bits per heavy atom. The molecule has 0 spiro atoms. The number of benzene rings is 1. The molecular weight excluding hydrogens is 346 g/mol. The molecule has 1 amide bonds. The predicted molar refractivity (Wildman–Crippen MR) is 99.9 cm³/mol. The standard InChI is InChI=1S/C19H25N5O3/c1-2-24-17(21-22-23-24)14-8-7-9-15(12-14)20-16(25)13-19(18(26)27)10-5-3-4-6-11-19/h7-9,12H,2-6,10-11,13H2,1H3,(H,20,25)(H,26,27). The van der Waals surface area contributed by atoms with Gasteiger partial charge in [-0.3, -0.25) is 9.59 Å². The van der Waals surface area contributed by atoms with Crippen LogP contribution >= 0.6 is 0 Å². The van der Waals surface area contributed by atoms with E-state index in [9.17, 15) is 14.7 Å². The molecule has 1 heterocycles. The molecular formula is C19H25N5O3. The first-order chi connectivity index (χ1) is 13.0. The van der Waals surface area contributed by atoms with Crippen molar-refractivity contribution in [1.82, 2.24) is 20.2 Å². The van der Waals surface area contributed by atoms with Crippen molar-refractivity contribution in [3.63, 3.8) is 0 Å². The van der Waals surface area contributed by atoms with Gasteiger partial charge in [-0.15, -0.1) is 5.10 Å². The van der Waals surface area contributed by atoms with Crippen molar-refractivity contribution in [2.75, 3.05) is 5.32 Å². The van der Waals surface area contributed by atoms with E-state index < -0.39 is 11.4 Å². The van der Waals surface area contributed by atoms with E-state index in [1.807, 2.05) is 19.1 Å². The summed E-state index contributed by atoms with van der Waals surface area (Å²) < 4.78 is 1.67. The third-order valence-electron chi connectivity index (χ3n) is 5.25. The molecule has 1 saturated carbocycles. The molecule has 1 aromatic heterocycles. The number of carboxylic acid groups (broad SMARTS) is 1. The Morgan fingerprint density at radius 1 is 1.22 bits per heavy atom. The topological polar surface area (TPSA) is 110 Å². The molecule has 144 valence electrons. The average molecular weight is 371 g/mol. The second-order valence-electron chi connectivity index (χ2n) is 7.12. The number of aromatic nitrogens is 4. The van der Waals surface area contributed by atoms with Crippen molar-refractivity contribution in [2.45, 2.75) is 58.4 Å². The number of amides is 1. The zero-order valence-corrected chi connectivity index (χ0v) is 15.5. The summed E-state index contributed by atoms with van der Waals surface area (Å²) in [5, 5.41) is 24.2. The van der Waals surface area contributed by atoms with Crippen molar-refractivity contribution in [1.29, 1.82) is 0 Å². The van der Waals surface area contributed by atoms with Gasteiger partial charge >= 0.3 is 5.97 Å². The van der Waals surface area contributed by atoms with Gasteiger partial charge in [0.1, 0.15) is 0 Å². The van der Waals surface area contributed by atoms with Crippen molar-refractivity contribution in [2.24, 2.45) is 5.41 Å². The van der Waals surface area contributed by atoms with E-state index in [4.69, 9.17) is 0 Å². The number of hydrogen-bond donors (Lipinski definition) is 2. The molecule has 8 nitrogen and oxygen atoms in total. The summed E-state index contributed by atoms with van der Waals surface area (Å²) in [6, 6.07) is 7.27. The second-order valence-corrected chi connectivity index (χ2v) is 7.12. The van der Waals surface area contributed by atoms with Crippen molar-refractivity contribution < 1.29 is 14.7 Å². The summed E-state index contributed by atoms with van der Waals surface area (Å²) in [5.74, 6) is -0.513. The smallest absolute Gasteiger partial charge is 0.310 e. The lowest BCUT2D eigenvalue weighted by Crippen LogP contribution is -2.35. The molecule has 2 aromatic rings. The number of tetrazole rings is 1. The number of carbonyl (C=O) groups is 2. The summed E-state index contributed by atoms with van der Waals surface area (Å²) in [6.07, 6.45) is 4.89. The van der Waals surface area contributed by atoms with Crippen LogP contribution in [0.1, 0.15) is 51.9 Å². The number of aliphatic carboxylic acids is 1. The van der Waals surface area contributed by atoms with Gasteiger partial charge in [0.25, 0.3) is 0 Å². The van der Waals surface area contributed by atoms with Crippen LogP contribution in [0.3, 0.4) is 0 Å². The van der Waals surface area contributed by atoms with Gasteiger partial charge in [0.05, 0.1) is 5.41 Å². The fourth-order valence-corrected chi connectivity index (χ4v) is 3.74. The van der Waals surface area contributed by atoms with E-state index in [0.717, 1.165) is 31.2 Å². The van der Waals surface area contributed by atoms with Crippen molar-refractivity contribution in [3.8, 4) is 11.4 Å². The summed E-state index contributed by atoms with van der Waals surface area (Å²) in [4.78, 5) is 24.5. The maximum absolute atomic E-state index is 12.6. The first kappa shape index (κ1) is 19.0. The lowest BCUT2D eigenvalue weighted by Gasteiger charge is -2.27. The third kappa shape index (κ3) is 4.32. The maximum Gasteiger partial charge on any atom is 0.310 e. The Balaban J connectivity index is 1.74. The van der Waals surface area contributed by atoms with Crippen LogP contribution in [0, 0.1) is 5.41 Å². The highest BCUT2D eigenvalue weighted by atomic mass is 16.4. The van der Waals surface area contributed by atoms with Crippen LogP contribution < -0.4 is 5.32 Å². The van der Waals surface area contributed by atoms with E-state index in [-0.39, 0.29) is 12.3 Å². The first-order valence-corrected chi connectivity index (χ1v) is 9.44. The van der Waals surface area contributed by atoms with Gasteiger partial charge in [0, 0.05) is 24.2 Å². The lowest BCUT2D eigenvalue weighted by molar-refractivity contribution is -0.152. The van der Waals surface area contributed by atoms with Gasteiger partial charge in [-0.25, -0.2) is 4.68 Å². The van der Waals surface area contributed by atoms with Gasteiger partial charge in [-0.1, -0.05) is 37.8 Å². The van der Waals surface area contributed by atoms with Crippen molar-refractivity contribution >= 4 is 17.6 Å². The fraction of sp³-hybridized carbons (Fsp3) is 0.526. The molecule has 8 heteroatoms. The van der Waals surface area contributed by atoms with E-state index in [1.54, 1.807) is 16.8 Å². The molecule has 1 fully saturated rings. The zero-order chi connectivity index (χ0) is 19.3. The molecule has 0 atom stereocenters.